The van der Waals surface area contributed by atoms with Crippen LogP contribution in [0.15, 0.2) is 36.7 Å². The first-order valence-corrected chi connectivity index (χ1v) is 9.27. The monoisotopic (exact) mass is 402 g/mol. The van der Waals surface area contributed by atoms with E-state index in [-0.39, 0.29) is 18.0 Å². The first-order chi connectivity index (χ1) is 13.5. The van der Waals surface area contributed by atoms with E-state index in [1.165, 1.54) is 28.4 Å². The van der Waals surface area contributed by atoms with E-state index in [4.69, 9.17) is 4.74 Å². The summed E-state index contributed by atoms with van der Waals surface area (Å²) in [6.45, 7) is 0.417. The number of nitrogens with zero attached hydrogens (tertiary/aromatic N) is 5. The van der Waals surface area contributed by atoms with Gasteiger partial charge in [0.25, 0.3) is 0 Å². The lowest BCUT2D eigenvalue weighted by Gasteiger charge is -2.02. The number of anilines is 1. The standard InChI is InChI=1S/C17H18N6O4S/c1-27-14-6-4-12(5-7-14)9-16-20-21-17(28-16)19-15(24)3-2-8-22-11-13(10-18-22)23(25)26/h4-7,10-11H,2-3,8-9H2,1H3,(H,19,21,24). The number of ether oxygens (including phenoxy) is 1. The fourth-order valence-corrected chi connectivity index (χ4v) is 3.24. The Morgan fingerprint density at radius 2 is 2.11 bits per heavy atom. The molecule has 0 aliphatic carbocycles. The van der Waals surface area contributed by atoms with Crippen LogP contribution in [0.3, 0.4) is 0 Å². The summed E-state index contributed by atoms with van der Waals surface area (Å²) < 4.78 is 6.58. The molecule has 0 aliphatic rings. The Kier molecular flexibility index (Phi) is 6.27. The molecule has 1 aromatic carbocycles. The third-order valence-corrected chi connectivity index (χ3v) is 4.69. The van der Waals surface area contributed by atoms with Crippen LogP contribution in [0.1, 0.15) is 23.4 Å². The van der Waals surface area contributed by atoms with Gasteiger partial charge in [-0.3, -0.25) is 19.6 Å². The van der Waals surface area contributed by atoms with E-state index in [0.29, 0.717) is 24.5 Å². The molecule has 0 bridgehead atoms. The predicted molar refractivity (Wildman–Crippen MR) is 102 cm³/mol. The first-order valence-electron chi connectivity index (χ1n) is 8.45. The molecule has 2 heterocycles. The molecular formula is C17H18N6O4S. The molecule has 1 amide bonds. The van der Waals surface area contributed by atoms with Gasteiger partial charge in [-0.25, -0.2) is 0 Å². The highest BCUT2D eigenvalue weighted by Crippen LogP contribution is 2.20. The molecule has 1 N–H and O–H groups in total. The van der Waals surface area contributed by atoms with Crippen molar-refractivity contribution in [3.63, 3.8) is 0 Å². The van der Waals surface area contributed by atoms with Gasteiger partial charge in [0.15, 0.2) is 0 Å². The summed E-state index contributed by atoms with van der Waals surface area (Å²) in [6, 6.07) is 7.68. The normalized spacial score (nSPS) is 10.6. The van der Waals surface area contributed by atoms with E-state index in [1.807, 2.05) is 24.3 Å². The molecule has 3 aromatic rings. The first kappa shape index (κ1) is 19.4. The number of aromatic nitrogens is 4. The van der Waals surface area contributed by atoms with Crippen molar-refractivity contribution in [3.8, 4) is 5.75 Å². The van der Waals surface area contributed by atoms with E-state index in [9.17, 15) is 14.9 Å². The second kappa shape index (κ2) is 9.04. The van der Waals surface area contributed by atoms with Crippen LogP contribution in [-0.4, -0.2) is 37.9 Å². The van der Waals surface area contributed by atoms with Gasteiger partial charge in [-0.05, 0) is 24.1 Å². The van der Waals surface area contributed by atoms with E-state index in [0.717, 1.165) is 16.3 Å². The summed E-state index contributed by atoms with van der Waals surface area (Å²) in [5.41, 5.74) is 1.01. The van der Waals surface area contributed by atoms with Gasteiger partial charge in [0.2, 0.25) is 11.0 Å². The summed E-state index contributed by atoms with van der Waals surface area (Å²) in [6.07, 6.45) is 3.90. The molecule has 2 aromatic heterocycles. The highest BCUT2D eigenvalue weighted by Gasteiger charge is 2.11. The van der Waals surface area contributed by atoms with Crippen molar-refractivity contribution in [2.75, 3.05) is 12.4 Å². The molecule has 0 saturated carbocycles. The maximum atomic E-state index is 12.0. The van der Waals surface area contributed by atoms with Crippen molar-refractivity contribution in [1.82, 2.24) is 20.0 Å². The van der Waals surface area contributed by atoms with Gasteiger partial charge in [0, 0.05) is 19.4 Å². The number of nitro groups is 1. The minimum atomic E-state index is -0.505. The topological polar surface area (TPSA) is 125 Å². The summed E-state index contributed by atoms with van der Waals surface area (Å²) >= 11 is 1.32. The lowest BCUT2D eigenvalue weighted by molar-refractivity contribution is -0.385. The number of carbonyl (C=O) groups is 1. The molecule has 0 spiro atoms. The number of nitrogens with one attached hydrogen (secondary N) is 1. The average molecular weight is 402 g/mol. The molecule has 28 heavy (non-hydrogen) atoms. The second-order valence-electron chi connectivity index (χ2n) is 5.90. The fraction of sp³-hybridized carbons (Fsp3) is 0.294. The molecule has 0 radical (unpaired) electrons. The zero-order chi connectivity index (χ0) is 19.9. The highest BCUT2D eigenvalue weighted by atomic mass is 32.1. The lowest BCUT2D eigenvalue weighted by Crippen LogP contribution is -2.12. The summed E-state index contributed by atoms with van der Waals surface area (Å²) in [7, 11) is 1.62. The molecule has 0 atom stereocenters. The number of hydrogen-bond acceptors (Lipinski definition) is 8. The van der Waals surface area contributed by atoms with Crippen LogP contribution in [0.5, 0.6) is 5.75 Å². The predicted octanol–water partition coefficient (Wildman–Crippen LogP) is 2.66. The maximum absolute atomic E-state index is 12.0. The third kappa shape index (κ3) is 5.33. The van der Waals surface area contributed by atoms with Crippen molar-refractivity contribution in [1.29, 1.82) is 0 Å². The number of benzene rings is 1. The van der Waals surface area contributed by atoms with Crippen molar-refractivity contribution in [3.05, 3.63) is 57.3 Å². The number of amides is 1. The molecule has 0 saturated heterocycles. The zero-order valence-corrected chi connectivity index (χ0v) is 15.9. The van der Waals surface area contributed by atoms with Crippen LogP contribution >= 0.6 is 11.3 Å². The Balaban J connectivity index is 1.44. The van der Waals surface area contributed by atoms with E-state index in [1.54, 1.807) is 7.11 Å². The van der Waals surface area contributed by atoms with Crippen molar-refractivity contribution in [2.45, 2.75) is 25.8 Å². The van der Waals surface area contributed by atoms with Crippen molar-refractivity contribution >= 4 is 28.1 Å². The van der Waals surface area contributed by atoms with Gasteiger partial charge < -0.3 is 10.1 Å². The van der Waals surface area contributed by atoms with Crippen LogP contribution < -0.4 is 10.1 Å². The molecular weight excluding hydrogens is 384 g/mol. The van der Waals surface area contributed by atoms with Gasteiger partial charge >= 0.3 is 5.69 Å². The van der Waals surface area contributed by atoms with Crippen LogP contribution in [0, 0.1) is 10.1 Å². The quantitative estimate of drug-likeness (QED) is 0.431. The van der Waals surface area contributed by atoms with E-state index < -0.39 is 4.92 Å². The van der Waals surface area contributed by atoms with E-state index in [2.05, 4.69) is 20.6 Å². The SMILES string of the molecule is COc1ccc(Cc2nnc(NC(=O)CCCn3cc([N+](=O)[O-])cn3)s2)cc1. The molecule has 10 nitrogen and oxygen atoms in total. The number of hydrogen-bond donors (Lipinski definition) is 1. The van der Waals surface area contributed by atoms with Gasteiger partial charge in [0.1, 0.15) is 23.2 Å². The Labute approximate surface area is 164 Å². The van der Waals surface area contributed by atoms with Gasteiger partial charge in [-0.2, -0.15) is 5.10 Å². The number of aryl methyl sites for hydroxylation is 1. The molecule has 0 aliphatic heterocycles. The smallest absolute Gasteiger partial charge is 0.306 e. The van der Waals surface area contributed by atoms with Crippen LogP contribution in [0.25, 0.3) is 0 Å². The molecule has 0 unspecified atom stereocenters. The number of carbonyl (C=O) groups excluding carboxylic acids is 1. The Bertz CT molecular complexity index is 953. The highest BCUT2D eigenvalue weighted by molar-refractivity contribution is 7.15. The number of methoxy groups -OCH3 is 1. The maximum Gasteiger partial charge on any atom is 0.306 e. The van der Waals surface area contributed by atoms with Crippen LogP contribution in [-0.2, 0) is 17.8 Å². The molecule has 3 rings (SSSR count). The molecule has 11 heteroatoms. The Morgan fingerprint density at radius 1 is 1.32 bits per heavy atom. The lowest BCUT2D eigenvalue weighted by atomic mass is 10.1. The Hall–Kier alpha value is -3.34. The second-order valence-corrected chi connectivity index (χ2v) is 6.96. The van der Waals surface area contributed by atoms with Crippen LogP contribution in [0.4, 0.5) is 10.8 Å². The summed E-state index contributed by atoms with van der Waals surface area (Å²) in [5, 5.41) is 26.6. The van der Waals surface area contributed by atoms with Gasteiger partial charge in [-0.15, -0.1) is 10.2 Å². The fourth-order valence-electron chi connectivity index (χ4n) is 2.45. The molecule has 146 valence electrons. The minimum absolute atomic E-state index is 0.0669. The number of rotatable bonds is 9. The summed E-state index contributed by atoms with van der Waals surface area (Å²) in [4.78, 5) is 22.1. The van der Waals surface area contributed by atoms with Crippen LogP contribution in [0.2, 0.25) is 0 Å². The minimum Gasteiger partial charge on any atom is -0.497 e. The third-order valence-electron chi connectivity index (χ3n) is 3.85. The largest absolute Gasteiger partial charge is 0.497 e. The van der Waals surface area contributed by atoms with Crippen molar-refractivity contribution in [2.24, 2.45) is 0 Å². The van der Waals surface area contributed by atoms with Gasteiger partial charge in [0.05, 0.1) is 12.0 Å². The average Bonchev–Trinajstić information content (AvgIpc) is 3.32. The van der Waals surface area contributed by atoms with E-state index >= 15 is 0 Å². The summed E-state index contributed by atoms with van der Waals surface area (Å²) in [5.74, 6) is 0.604. The van der Waals surface area contributed by atoms with Crippen molar-refractivity contribution < 1.29 is 14.5 Å². The molecule has 0 fully saturated rings. The Morgan fingerprint density at radius 3 is 2.79 bits per heavy atom. The zero-order valence-electron chi connectivity index (χ0n) is 15.1. The van der Waals surface area contributed by atoms with Gasteiger partial charge in [-0.1, -0.05) is 23.5 Å².